The molecular weight excluding hydrogens is 280 g/mol. The SMILES string of the molecule is CC(=O)N=C1C(=O)Oc2ccccc2C1Nc1ccccc1. The predicted molar refractivity (Wildman–Crippen MR) is 83.0 cm³/mol. The molecular formula is C17H14N2O3. The lowest BCUT2D eigenvalue weighted by molar-refractivity contribution is -0.128. The van der Waals surface area contributed by atoms with Crippen molar-refractivity contribution in [2.24, 2.45) is 4.99 Å². The largest absolute Gasteiger partial charge is 0.422 e. The van der Waals surface area contributed by atoms with Crippen LogP contribution in [-0.4, -0.2) is 17.6 Å². The number of hydrogen-bond acceptors (Lipinski definition) is 4. The van der Waals surface area contributed by atoms with Crippen molar-refractivity contribution in [3.05, 3.63) is 60.2 Å². The zero-order valence-corrected chi connectivity index (χ0v) is 11.9. The highest BCUT2D eigenvalue weighted by Gasteiger charge is 2.34. The van der Waals surface area contributed by atoms with Gasteiger partial charge >= 0.3 is 5.97 Å². The number of carbonyl (C=O) groups is 2. The van der Waals surface area contributed by atoms with E-state index in [4.69, 9.17) is 4.74 Å². The number of fused-ring (bicyclic) bond motifs is 1. The Morgan fingerprint density at radius 1 is 1.09 bits per heavy atom. The van der Waals surface area contributed by atoms with Crippen LogP contribution in [0.4, 0.5) is 5.69 Å². The monoisotopic (exact) mass is 294 g/mol. The Morgan fingerprint density at radius 2 is 1.77 bits per heavy atom. The number of amides is 1. The molecule has 0 saturated heterocycles. The number of carbonyl (C=O) groups excluding carboxylic acids is 2. The van der Waals surface area contributed by atoms with Crippen LogP contribution in [0.1, 0.15) is 18.5 Å². The molecule has 1 amide bonds. The van der Waals surface area contributed by atoms with Gasteiger partial charge in [0.25, 0.3) is 0 Å². The maximum Gasteiger partial charge on any atom is 0.360 e. The minimum absolute atomic E-state index is 0.0649. The minimum atomic E-state index is -0.609. The topological polar surface area (TPSA) is 67.8 Å². The van der Waals surface area contributed by atoms with Crippen molar-refractivity contribution >= 4 is 23.3 Å². The molecule has 2 aromatic rings. The Bertz CT molecular complexity index is 754. The van der Waals surface area contributed by atoms with Gasteiger partial charge in [0.1, 0.15) is 11.8 Å². The molecule has 110 valence electrons. The second-order valence-corrected chi connectivity index (χ2v) is 4.89. The third-order valence-electron chi connectivity index (χ3n) is 3.28. The van der Waals surface area contributed by atoms with Crippen molar-refractivity contribution in [2.75, 3.05) is 5.32 Å². The molecule has 0 aromatic heterocycles. The number of rotatable bonds is 2. The molecule has 1 N–H and O–H groups in total. The van der Waals surface area contributed by atoms with Gasteiger partial charge in [-0.05, 0) is 18.2 Å². The number of nitrogens with zero attached hydrogens (tertiary/aromatic N) is 1. The molecule has 0 aliphatic carbocycles. The van der Waals surface area contributed by atoms with Crippen LogP contribution in [0.5, 0.6) is 5.75 Å². The molecule has 0 fully saturated rings. The summed E-state index contributed by atoms with van der Waals surface area (Å²) in [5.74, 6) is -0.572. The maximum absolute atomic E-state index is 12.1. The summed E-state index contributed by atoms with van der Waals surface area (Å²) in [7, 11) is 0. The van der Waals surface area contributed by atoms with Crippen LogP contribution >= 0.6 is 0 Å². The first-order chi connectivity index (χ1) is 10.6. The highest BCUT2D eigenvalue weighted by atomic mass is 16.5. The van der Waals surface area contributed by atoms with Crippen molar-refractivity contribution < 1.29 is 14.3 Å². The van der Waals surface area contributed by atoms with E-state index in [0.717, 1.165) is 11.3 Å². The highest BCUT2D eigenvalue weighted by molar-refractivity contribution is 6.42. The van der Waals surface area contributed by atoms with Gasteiger partial charge < -0.3 is 10.1 Å². The summed E-state index contributed by atoms with van der Waals surface area (Å²) >= 11 is 0. The number of para-hydroxylation sites is 2. The Balaban J connectivity index is 2.07. The second kappa shape index (κ2) is 5.81. The Labute approximate surface area is 127 Å². The molecule has 0 bridgehead atoms. The van der Waals surface area contributed by atoms with E-state index in [2.05, 4.69) is 10.3 Å². The van der Waals surface area contributed by atoms with Gasteiger partial charge in [0.05, 0.1) is 0 Å². The van der Waals surface area contributed by atoms with Gasteiger partial charge in [-0.1, -0.05) is 36.4 Å². The number of aliphatic imine (C=N–C) groups is 1. The van der Waals surface area contributed by atoms with Crippen molar-refractivity contribution in [2.45, 2.75) is 13.0 Å². The zero-order valence-electron chi connectivity index (χ0n) is 11.9. The number of anilines is 1. The first-order valence-corrected chi connectivity index (χ1v) is 6.87. The Kier molecular flexibility index (Phi) is 3.70. The van der Waals surface area contributed by atoms with E-state index in [1.807, 2.05) is 42.5 Å². The van der Waals surface area contributed by atoms with E-state index < -0.39 is 17.9 Å². The molecule has 1 aliphatic rings. The van der Waals surface area contributed by atoms with E-state index in [1.54, 1.807) is 12.1 Å². The third-order valence-corrected chi connectivity index (χ3v) is 3.28. The summed E-state index contributed by atoms with van der Waals surface area (Å²) in [6, 6.07) is 16.1. The van der Waals surface area contributed by atoms with Gasteiger partial charge in [0.2, 0.25) is 5.91 Å². The van der Waals surface area contributed by atoms with Crippen LogP contribution < -0.4 is 10.1 Å². The maximum atomic E-state index is 12.1. The van der Waals surface area contributed by atoms with E-state index >= 15 is 0 Å². The average Bonchev–Trinajstić information content (AvgIpc) is 2.51. The Hall–Kier alpha value is -2.95. The molecule has 1 atom stereocenters. The molecule has 2 aromatic carbocycles. The average molecular weight is 294 g/mol. The van der Waals surface area contributed by atoms with Gasteiger partial charge in [-0.25, -0.2) is 9.79 Å². The van der Waals surface area contributed by atoms with Crippen molar-refractivity contribution in [3.63, 3.8) is 0 Å². The standard InChI is InChI=1S/C17H14N2O3/c1-11(20)18-16-15(19-12-7-3-2-4-8-12)13-9-5-6-10-14(13)22-17(16)21/h2-10,15,19H,1H3. The summed E-state index contributed by atoms with van der Waals surface area (Å²) in [5, 5.41) is 3.24. The number of benzene rings is 2. The van der Waals surface area contributed by atoms with E-state index in [0.29, 0.717) is 5.75 Å². The van der Waals surface area contributed by atoms with E-state index in [1.165, 1.54) is 6.92 Å². The van der Waals surface area contributed by atoms with Crippen molar-refractivity contribution in [1.29, 1.82) is 0 Å². The molecule has 1 unspecified atom stereocenters. The number of nitrogens with one attached hydrogen (secondary N) is 1. The van der Waals surface area contributed by atoms with Gasteiger partial charge in [-0.3, -0.25) is 4.79 Å². The summed E-state index contributed by atoms with van der Waals surface area (Å²) in [4.78, 5) is 27.3. The van der Waals surface area contributed by atoms with Gasteiger partial charge in [0, 0.05) is 18.2 Å². The van der Waals surface area contributed by atoms with Crippen LogP contribution in [0.2, 0.25) is 0 Å². The zero-order chi connectivity index (χ0) is 15.5. The molecule has 5 heteroatoms. The first-order valence-electron chi connectivity index (χ1n) is 6.87. The quantitative estimate of drug-likeness (QED) is 0.683. The van der Waals surface area contributed by atoms with E-state index in [9.17, 15) is 9.59 Å². The molecule has 5 nitrogen and oxygen atoms in total. The molecule has 0 saturated carbocycles. The number of esters is 1. The van der Waals surface area contributed by atoms with Crippen LogP contribution in [0.3, 0.4) is 0 Å². The minimum Gasteiger partial charge on any atom is -0.422 e. The lowest BCUT2D eigenvalue weighted by Crippen LogP contribution is -2.36. The smallest absolute Gasteiger partial charge is 0.360 e. The summed E-state index contributed by atoms with van der Waals surface area (Å²) in [5.41, 5.74) is 1.66. The van der Waals surface area contributed by atoms with Crippen LogP contribution in [0.25, 0.3) is 0 Å². The van der Waals surface area contributed by atoms with Crippen molar-refractivity contribution in [1.82, 2.24) is 0 Å². The first kappa shape index (κ1) is 14.0. The van der Waals surface area contributed by atoms with Crippen molar-refractivity contribution in [3.8, 4) is 5.75 Å². The predicted octanol–water partition coefficient (Wildman–Crippen LogP) is 2.75. The number of ether oxygens (including phenoxy) is 1. The van der Waals surface area contributed by atoms with Crippen LogP contribution in [-0.2, 0) is 9.59 Å². The van der Waals surface area contributed by atoms with Gasteiger partial charge in [-0.2, -0.15) is 0 Å². The lowest BCUT2D eigenvalue weighted by atomic mass is 9.98. The lowest BCUT2D eigenvalue weighted by Gasteiger charge is -2.27. The fraction of sp³-hybridized carbons (Fsp3) is 0.118. The molecule has 1 heterocycles. The second-order valence-electron chi connectivity index (χ2n) is 4.89. The van der Waals surface area contributed by atoms with Gasteiger partial charge in [-0.15, -0.1) is 0 Å². The molecule has 0 spiro atoms. The molecule has 3 rings (SSSR count). The van der Waals surface area contributed by atoms with Crippen LogP contribution in [0, 0.1) is 0 Å². The summed E-state index contributed by atoms with van der Waals surface area (Å²) in [6.45, 7) is 1.31. The summed E-state index contributed by atoms with van der Waals surface area (Å²) in [6.07, 6.45) is 0. The van der Waals surface area contributed by atoms with Crippen LogP contribution in [0.15, 0.2) is 59.6 Å². The normalized spacial score (nSPS) is 18.5. The molecule has 1 aliphatic heterocycles. The van der Waals surface area contributed by atoms with Gasteiger partial charge in [0.15, 0.2) is 5.71 Å². The summed E-state index contributed by atoms with van der Waals surface area (Å²) < 4.78 is 5.25. The molecule has 0 radical (unpaired) electrons. The van der Waals surface area contributed by atoms with E-state index in [-0.39, 0.29) is 5.71 Å². The third kappa shape index (κ3) is 2.74. The number of hydrogen-bond donors (Lipinski definition) is 1. The highest BCUT2D eigenvalue weighted by Crippen LogP contribution is 2.33. The molecule has 22 heavy (non-hydrogen) atoms. The Morgan fingerprint density at radius 3 is 2.50 bits per heavy atom. The fourth-order valence-corrected chi connectivity index (χ4v) is 2.36. The fourth-order valence-electron chi connectivity index (χ4n) is 2.36.